The Morgan fingerprint density at radius 1 is 1.13 bits per heavy atom. The molecular formula is C25H30N2O4. The lowest BCUT2D eigenvalue weighted by atomic mass is 9.85. The van der Waals surface area contributed by atoms with Gasteiger partial charge in [0.05, 0.1) is 13.7 Å². The largest absolute Gasteiger partial charge is 0.496 e. The molecule has 0 bridgehead atoms. The van der Waals surface area contributed by atoms with Crippen molar-refractivity contribution in [3.8, 4) is 5.75 Å². The number of nitrogens with zero attached hydrogens (tertiary/aromatic N) is 2. The Hall–Kier alpha value is -2.70. The highest BCUT2D eigenvalue weighted by Gasteiger charge is 2.37. The first-order valence-electron chi connectivity index (χ1n) is 10.9. The second-order valence-electron chi connectivity index (χ2n) is 8.59. The average Bonchev–Trinajstić information content (AvgIpc) is 2.78. The highest BCUT2D eigenvalue weighted by Crippen LogP contribution is 2.37. The Labute approximate surface area is 183 Å². The number of β-amino-alcohol motifs (C(OH)–C–C–N with tert-alkyl or cyclic N) is 1. The van der Waals surface area contributed by atoms with Gasteiger partial charge >= 0.3 is 0 Å². The molecule has 31 heavy (non-hydrogen) atoms. The molecule has 0 unspecified atom stereocenters. The maximum atomic E-state index is 13.1. The van der Waals surface area contributed by atoms with Crippen molar-refractivity contribution in [2.75, 3.05) is 38.2 Å². The quantitative estimate of drug-likeness (QED) is 0.750. The number of fused-ring (bicyclic) bond motifs is 1. The summed E-state index contributed by atoms with van der Waals surface area (Å²) in [5, 5.41) is 11.4. The summed E-state index contributed by atoms with van der Waals surface area (Å²) in [7, 11) is 1.61. The minimum Gasteiger partial charge on any atom is -0.496 e. The molecule has 2 heterocycles. The number of hydrogen-bond acceptors (Lipinski definition) is 5. The molecule has 2 aromatic carbocycles. The summed E-state index contributed by atoms with van der Waals surface area (Å²) in [6, 6.07) is 13.2. The van der Waals surface area contributed by atoms with Gasteiger partial charge in [-0.15, -0.1) is 0 Å². The first-order chi connectivity index (χ1) is 14.9. The van der Waals surface area contributed by atoms with E-state index in [1.165, 1.54) is 0 Å². The number of para-hydroxylation sites is 1. The molecule has 0 aromatic heterocycles. The van der Waals surface area contributed by atoms with Crippen LogP contribution in [0.3, 0.4) is 0 Å². The van der Waals surface area contributed by atoms with E-state index in [-0.39, 0.29) is 18.2 Å². The van der Waals surface area contributed by atoms with Crippen LogP contribution in [0.2, 0.25) is 0 Å². The standard InChI is InChI=1S/C25H30N2O4/c1-18(28)27-14-5-7-19-15-20(10-11-22(19)27)23(29)16-26-13-6-12-25(30,17-26)21-8-3-4-9-24(21)31-2/h3-4,8-11,15,30H,5-7,12-14,16-17H2,1-2H3/t25-/m1/s1. The lowest BCUT2D eigenvalue weighted by Gasteiger charge is -2.39. The second kappa shape index (κ2) is 8.81. The first-order valence-corrected chi connectivity index (χ1v) is 10.9. The van der Waals surface area contributed by atoms with E-state index in [4.69, 9.17) is 4.74 Å². The number of carbonyl (C=O) groups is 2. The van der Waals surface area contributed by atoms with Crippen LogP contribution >= 0.6 is 0 Å². The van der Waals surface area contributed by atoms with Crippen molar-refractivity contribution >= 4 is 17.4 Å². The third-order valence-electron chi connectivity index (χ3n) is 6.43. The van der Waals surface area contributed by atoms with Crippen LogP contribution in [0.4, 0.5) is 5.69 Å². The number of piperidine rings is 1. The summed E-state index contributed by atoms with van der Waals surface area (Å²) in [5.41, 5.74) is 2.36. The van der Waals surface area contributed by atoms with E-state index in [0.29, 0.717) is 24.3 Å². The number of benzene rings is 2. The number of carbonyl (C=O) groups excluding carboxylic acids is 2. The summed E-state index contributed by atoms with van der Waals surface area (Å²) < 4.78 is 5.45. The van der Waals surface area contributed by atoms with Gasteiger partial charge < -0.3 is 14.7 Å². The molecule has 0 radical (unpaired) electrons. The highest BCUT2D eigenvalue weighted by atomic mass is 16.5. The molecule has 164 valence electrons. The summed E-state index contributed by atoms with van der Waals surface area (Å²) in [6.07, 6.45) is 3.22. The smallest absolute Gasteiger partial charge is 0.223 e. The predicted octanol–water partition coefficient (Wildman–Crippen LogP) is 3.16. The first kappa shape index (κ1) is 21.5. The fourth-order valence-electron chi connectivity index (χ4n) is 4.90. The normalized spacial score (nSPS) is 21.5. The number of likely N-dealkylation sites (tertiary alicyclic amines) is 1. The minimum absolute atomic E-state index is 0.0315. The van der Waals surface area contributed by atoms with Crippen LogP contribution in [0.25, 0.3) is 0 Å². The molecule has 2 aliphatic heterocycles. The second-order valence-corrected chi connectivity index (χ2v) is 8.59. The fraction of sp³-hybridized carbons (Fsp3) is 0.440. The lowest BCUT2D eigenvalue weighted by molar-refractivity contribution is -0.116. The zero-order valence-electron chi connectivity index (χ0n) is 18.3. The molecule has 4 rings (SSSR count). The van der Waals surface area contributed by atoms with Crippen LogP contribution in [0.1, 0.15) is 47.7 Å². The number of aryl methyl sites for hydroxylation is 1. The molecule has 6 nitrogen and oxygen atoms in total. The van der Waals surface area contributed by atoms with Crippen LogP contribution in [0, 0.1) is 0 Å². The van der Waals surface area contributed by atoms with Gasteiger partial charge in [-0.3, -0.25) is 14.5 Å². The Balaban J connectivity index is 1.49. The summed E-state index contributed by atoms with van der Waals surface area (Å²) >= 11 is 0. The third kappa shape index (κ3) is 4.36. The van der Waals surface area contributed by atoms with Crippen molar-refractivity contribution < 1.29 is 19.4 Å². The van der Waals surface area contributed by atoms with Crippen LogP contribution < -0.4 is 9.64 Å². The van der Waals surface area contributed by atoms with Crippen molar-refractivity contribution in [2.24, 2.45) is 0 Å². The van der Waals surface area contributed by atoms with Gasteiger partial charge in [0.2, 0.25) is 5.91 Å². The van der Waals surface area contributed by atoms with E-state index < -0.39 is 5.60 Å². The van der Waals surface area contributed by atoms with Gasteiger partial charge in [0.25, 0.3) is 0 Å². The van der Waals surface area contributed by atoms with Gasteiger partial charge in [-0.25, -0.2) is 0 Å². The van der Waals surface area contributed by atoms with E-state index in [2.05, 4.69) is 0 Å². The number of Topliss-reactive ketones (excluding diaryl/α,β-unsaturated/α-hetero) is 1. The Kier molecular flexibility index (Phi) is 6.12. The number of hydrogen-bond donors (Lipinski definition) is 1. The number of methoxy groups -OCH3 is 1. The van der Waals surface area contributed by atoms with Crippen LogP contribution in [-0.4, -0.2) is 55.0 Å². The zero-order chi connectivity index (χ0) is 22.0. The lowest BCUT2D eigenvalue weighted by Crippen LogP contribution is -2.47. The maximum absolute atomic E-state index is 13.1. The molecule has 2 aliphatic rings. The highest BCUT2D eigenvalue weighted by molar-refractivity contribution is 5.99. The van der Waals surface area contributed by atoms with Gasteiger partial charge in [0.1, 0.15) is 11.4 Å². The van der Waals surface area contributed by atoms with Crippen molar-refractivity contribution in [2.45, 2.75) is 38.2 Å². The van der Waals surface area contributed by atoms with Crippen molar-refractivity contribution in [1.82, 2.24) is 4.90 Å². The number of amides is 1. The average molecular weight is 423 g/mol. The van der Waals surface area contributed by atoms with Crippen molar-refractivity contribution in [3.05, 3.63) is 59.2 Å². The number of ketones is 1. The molecular weight excluding hydrogens is 392 g/mol. The van der Waals surface area contributed by atoms with E-state index in [9.17, 15) is 14.7 Å². The molecule has 1 amide bonds. The van der Waals surface area contributed by atoms with Gasteiger partial charge in [0.15, 0.2) is 5.78 Å². The van der Waals surface area contributed by atoms with Crippen molar-refractivity contribution in [3.63, 3.8) is 0 Å². The number of anilines is 1. The molecule has 1 saturated heterocycles. The summed E-state index contributed by atoms with van der Waals surface area (Å²) in [6.45, 7) is 3.72. The summed E-state index contributed by atoms with van der Waals surface area (Å²) in [4.78, 5) is 28.8. The zero-order valence-corrected chi connectivity index (χ0v) is 18.3. The monoisotopic (exact) mass is 422 g/mol. The van der Waals surface area contributed by atoms with Gasteiger partial charge in [-0.05, 0) is 62.1 Å². The molecule has 1 N–H and O–H groups in total. The van der Waals surface area contributed by atoms with E-state index in [1.807, 2.05) is 47.4 Å². The Morgan fingerprint density at radius 3 is 2.71 bits per heavy atom. The van der Waals surface area contributed by atoms with Gasteiger partial charge in [-0.1, -0.05) is 18.2 Å². The van der Waals surface area contributed by atoms with Gasteiger partial charge in [0, 0.05) is 36.8 Å². The topological polar surface area (TPSA) is 70.1 Å². The van der Waals surface area contributed by atoms with E-state index in [1.54, 1.807) is 18.9 Å². The number of aliphatic hydroxyl groups is 1. The molecule has 1 fully saturated rings. The molecule has 2 aromatic rings. The molecule has 1 atom stereocenters. The van der Waals surface area contributed by atoms with Crippen LogP contribution in [0.5, 0.6) is 5.75 Å². The van der Waals surface area contributed by atoms with E-state index >= 15 is 0 Å². The Bertz CT molecular complexity index is 989. The number of ether oxygens (including phenoxy) is 1. The maximum Gasteiger partial charge on any atom is 0.223 e. The third-order valence-corrected chi connectivity index (χ3v) is 6.43. The number of rotatable bonds is 5. The minimum atomic E-state index is -1.04. The molecule has 0 aliphatic carbocycles. The van der Waals surface area contributed by atoms with E-state index in [0.717, 1.165) is 49.2 Å². The Morgan fingerprint density at radius 2 is 1.94 bits per heavy atom. The molecule has 0 saturated carbocycles. The predicted molar refractivity (Wildman–Crippen MR) is 120 cm³/mol. The summed E-state index contributed by atoms with van der Waals surface area (Å²) in [5.74, 6) is 0.735. The van der Waals surface area contributed by atoms with Crippen LogP contribution in [0.15, 0.2) is 42.5 Å². The molecule has 6 heteroatoms. The fourth-order valence-corrected chi connectivity index (χ4v) is 4.90. The van der Waals surface area contributed by atoms with Crippen molar-refractivity contribution in [1.29, 1.82) is 0 Å². The SMILES string of the molecule is COc1ccccc1[C@@]1(O)CCCN(CC(=O)c2ccc3c(c2)CCCN3C(C)=O)C1. The van der Waals surface area contributed by atoms with Crippen LogP contribution in [-0.2, 0) is 16.8 Å². The van der Waals surface area contributed by atoms with Gasteiger partial charge in [-0.2, -0.15) is 0 Å². The molecule has 0 spiro atoms.